The number of rotatable bonds is 5. The third kappa shape index (κ3) is 6.02. The molecule has 23 heavy (non-hydrogen) atoms. The highest BCUT2D eigenvalue weighted by Gasteiger charge is 2.32. The summed E-state index contributed by atoms with van der Waals surface area (Å²) in [5, 5.41) is 1.31. The van der Waals surface area contributed by atoms with E-state index in [0.717, 1.165) is 17.9 Å². The van der Waals surface area contributed by atoms with Crippen molar-refractivity contribution < 1.29 is 22.7 Å². The summed E-state index contributed by atoms with van der Waals surface area (Å²) in [7, 11) is 0. The molecule has 0 unspecified atom stereocenters. The number of aromatic nitrogens is 1. The molecule has 0 bridgehead atoms. The first-order valence-electron chi connectivity index (χ1n) is 7.40. The Balaban J connectivity index is 1.76. The maximum absolute atomic E-state index is 12.1. The zero-order valence-electron chi connectivity index (χ0n) is 12.8. The Labute approximate surface area is 137 Å². The highest BCUT2D eigenvalue weighted by Crippen LogP contribution is 2.29. The minimum Gasteiger partial charge on any atom is -0.359 e. The Kier molecular flexibility index (Phi) is 6.29. The van der Waals surface area contributed by atoms with Crippen LogP contribution in [-0.4, -0.2) is 53.0 Å². The molecule has 1 aliphatic rings. The Morgan fingerprint density at radius 1 is 1.43 bits per heavy atom. The molecule has 8 heteroatoms. The maximum Gasteiger partial charge on any atom is 0.411 e. The summed E-state index contributed by atoms with van der Waals surface area (Å²) < 4.78 is 41.0. The standard InChI is InChI=1S/C15H19F3N2O2S/c1-11(22-10-15(16,17)18)14(21)20-8-5-12(6-9-20)23-13-4-2-3-7-19-13/h2-4,7,11-12H,5-6,8-10H2,1H3/t11-/m1/s1. The Bertz CT molecular complexity index is 505. The normalized spacial score (nSPS) is 18.0. The molecule has 1 aromatic rings. The van der Waals surface area contributed by atoms with Crippen LogP contribution in [0, 0.1) is 0 Å². The average molecular weight is 348 g/mol. The number of nitrogens with zero attached hydrogens (tertiary/aromatic N) is 2. The highest BCUT2D eigenvalue weighted by molar-refractivity contribution is 7.99. The zero-order valence-corrected chi connectivity index (χ0v) is 13.6. The second-order valence-corrected chi connectivity index (χ2v) is 6.70. The summed E-state index contributed by atoms with van der Waals surface area (Å²) >= 11 is 1.67. The fourth-order valence-electron chi connectivity index (χ4n) is 2.33. The van der Waals surface area contributed by atoms with Crippen LogP contribution in [0.4, 0.5) is 13.2 Å². The molecule has 0 saturated carbocycles. The number of likely N-dealkylation sites (tertiary alicyclic amines) is 1. The number of amides is 1. The van der Waals surface area contributed by atoms with E-state index in [4.69, 9.17) is 0 Å². The van der Waals surface area contributed by atoms with Crippen LogP contribution in [0.15, 0.2) is 29.4 Å². The summed E-state index contributed by atoms with van der Waals surface area (Å²) in [4.78, 5) is 17.9. The van der Waals surface area contributed by atoms with E-state index in [9.17, 15) is 18.0 Å². The Morgan fingerprint density at radius 2 is 2.13 bits per heavy atom. The minimum absolute atomic E-state index is 0.361. The number of ether oxygens (including phenoxy) is 1. The third-order valence-corrected chi connectivity index (χ3v) is 4.81. The SMILES string of the molecule is C[C@@H](OCC(F)(F)F)C(=O)N1CCC(Sc2ccccn2)CC1. The molecule has 0 radical (unpaired) electrons. The van der Waals surface area contributed by atoms with Gasteiger partial charge in [-0.3, -0.25) is 4.79 Å². The topological polar surface area (TPSA) is 42.4 Å². The van der Waals surface area contributed by atoms with Crippen molar-refractivity contribution in [1.82, 2.24) is 9.88 Å². The summed E-state index contributed by atoms with van der Waals surface area (Å²) in [6.07, 6.45) is -2.17. The van der Waals surface area contributed by atoms with Crippen molar-refractivity contribution in [3.63, 3.8) is 0 Å². The number of thioether (sulfide) groups is 1. The fourth-order valence-corrected chi connectivity index (χ4v) is 3.40. The smallest absolute Gasteiger partial charge is 0.359 e. The van der Waals surface area contributed by atoms with Crippen molar-refractivity contribution in [3.8, 4) is 0 Å². The lowest BCUT2D eigenvalue weighted by molar-refractivity contribution is -0.188. The van der Waals surface area contributed by atoms with Gasteiger partial charge in [0.1, 0.15) is 12.7 Å². The molecule has 1 saturated heterocycles. The lowest BCUT2D eigenvalue weighted by atomic mass is 10.1. The monoisotopic (exact) mass is 348 g/mol. The molecule has 1 aliphatic heterocycles. The first kappa shape index (κ1) is 18.1. The van der Waals surface area contributed by atoms with Crippen LogP contribution < -0.4 is 0 Å². The van der Waals surface area contributed by atoms with Gasteiger partial charge in [-0.2, -0.15) is 13.2 Å². The van der Waals surface area contributed by atoms with E-state index in [-0.39, 0.29) is 5.91 Å². The largest absolute Gasteiger partial charge is 0.411 e. The van der Waals surface area contributed by atoms with Gasteiger partial charge in [-0.25, -0.2) is 4.98 Å². The predicted molar refractivity (Wildman–Crippen MR) is 81.2 cm³/mol. The number of carbonyl (C=O) groups excluding carboxylic acids is 1. The van der Waals surface area contributed by atoms with Crippen molar-refractivity contribution >= 4 is 17.7 Å². The molecule has 1 fully saturated rings. The van der Waals surface area contributed by atoms with Gasteiger partial charge >= 0.3 is 6.18 Å². The number of pyridine rings is 1. The van der Waals surface area contributed by atoms with Gasteiger partial charge < -0.3 is 9.64 Å². The van der Waals surface area contributed by atoms with E-state index in [0.29, 0.717) is 18.3 Å². The van der Waals surface area contributed by atoms with Crippen molar-refractivity contribution in [2.24, 2.45) is 0 Å². The average Bonchev–Trinajstić information content (AvgIpc) is 2.53. The lowest BCUT2D eigenvalue weighted by Crippen LogP contribution is -2.45. The molecule has 0 aromatic carbocycles. The van der Waals surface area contributed by atoms with E-state index < -0.39 is 18.9 Å². The zero-order chi connectivity index (χ0) is 16.9. The van der Waals surface area contributed by atoms with Gasteiger partial charge in [0, 0.05) is 24.5 Å². The van der Waals surface area contributed by atoms with Gasteiger partial charge in [0.25, 0.3) is 5.91 Å². The second kappa shape index (κ2) is 8.01. The van der Waals surface area contributed by atoms with Gasteiger partial charge in [-0.15, -0.1) is 11.8 Å². The number of alkyl halides is 3. The quantitative estimate of drug-likeness (QED) is 0.820. The van der Waals surface area contributed by atoms with E-state index in [2.05, 4.69) is 9.72 Å². The lowest BCUT2D eigenvalue weighted by Gasteiger charge is -2.33. The summed E-state index contributed by atoms with van der Waals surface area (Å²) in [6.45, 7) is 1.03. The molecule has 128 valence electrons. The Hall–Kier alpha value is -1.28. The molecule has 0 N–H and O–H groups in total. The second-order valence-electron chi connectivity index (χ2n) is 5.38. The molecule has 1 atom stereocenters. The molecule has 0 aliphatic carbocycles. The number of halogens is 3. The van der Waals surface area contributed by atoms with Crippen LogP contribution in [0.3, 0.4) is 0 Å². The summed E-state index contributed by atoms with van der Waals surface area (Å²) in [5.41, 5.74) is 0. The van der Waals surface area contributed by atoms with Crippen molar-refractivity contribution in [2.75, 3.05) is 19.7 Å². The van der Waals surface area contributed by atoms with E-state index in [1.807, 2.05) is 18.2 Å². The van der Waals surface area contributed by atoms with Gasteiger partial charge in [0.05, 0.1) is 5.03 Å². The van der Waals surface area contributed by atoms with E-state index >= 15 is 0 Å². The van der Waals surface area contributed by atoms with E-state index in [1.54, 1.807) is 22.9 Å². The van der Waals surface area contributed by atoms with E-state index in [1.165, 1.54) is 6.92 Å². The third-order valence-electron chi connectivity index (χ3n) is 3.52. The van der Waals surface area contributed by atoms with Crippen LogP contribution in [0.5, 0.6) is 0 Å². The molecule has 1 aromatic heterocycles. The summed E-state index contributed by atoms with van der Waals surface area (Å²) in [6, 6.07) is 5.72. The van der Waals surface area contributed by atoms with Crippen molar-refractivity contribution in [3.05, 3.63) is 24.4 Å². The minimum atomic E-state index is -4.42. The molecular weight excluding hydrogens is 329 g/mol. The van der Waals surface area contributed by atoms with Crippen LogP contribution in [0.25, 0.3) is 0 Å². The van der Waals surface area contributed by atoms with Crippen LogP contribution in [-0.2, 0) is 9.53 Å². The number of carbonyl (C=O) groups is 1. The highest BCUT2D eigenvalue weighted by atomic mass is 32.2. The summed E-state index contributed by atoms with van der Waals surface area (Å²) in [5.74, 6) is -0.379. The maximum atomic E-state index is 12.1. The van der Waals surface area contributed by atoms with Gasteiger partial charge in [0.2, 0.25) is 0 Å². The molecule has 0 spiro atoms. The first-order valence-corrected chi connectivity index (χ1v) is 8.28. The molecule has 4 nitrogen and oxygen atoms in total. The number of hydrogen-bond acceptors (Lipinski definition) is 4. The van der Waals surface area contributed by atoms with Crippen molar-refractivity contribution in [1.29, 1.82) is 0 Å². The number of piperidine rings is 1. The van der Waals surface area contributed by atoms with Crippen LogP contribution in [0.2, 0.25) is 0 Å². The number of hydrogen-bond donors (Lipinski definition) is 0. The predicted octanol–water partition coefficient (Wildman–Crippen LogP) is 3.13. The Morgan fingerprint density at radius 3 is 2.70 bits per heavy atom. The molecule has 2 heterocycles. The molecule has 1 amide bonds. The van der Waals surface area contributed by atoms with Gasteiger partial charge in [-0.1, -0.05) is 6.07 Å². The molecular formula is C15H19F3N2O2S. The molecule has 2 rings (SSSR count). The van der Waals surface area contributed by atoms with Crippen molar-refractivity contribution in [2.45, 2.75) is 42.3 Å². The van der Waals surface area contributed by atoms with Crippen LogP contribution >= 0.6 is 11.8 Å². The first-order chi connectivity index (χ1) is 10.8. The van der Waals surface area contributed by atoms with Gasteiger partial charge in [-0.05, 0) is 31.9 Å². The fraction of sp³-hybridized carbons (Fsp3) is 0.600. The van der Waals surface area contributed by atoms with Crippen LogP contribution in [0.1, 0.15) is 19.8 Å². The van der Waals surface area contributed by atoms with Gasteiger partial charge in [0.15, 0.2) is 0 Å².